The molecule has 0 aromatic heterocycles. The molecule has 0 saturated heterocycles. The lowest BCUT2D eigenvalue weighted by Gasteiger charge is -2.12. The van der Waals surface area contributed by atoms with E-state index in [4.69, 9.17) is 4.74 Å². The van der Waals surface area contributed by atoms with Gasteiger partial charge in [-0.3, -0.25) is 4.79 Å². The average molecular weight is 347 g/mol. The van der Waals surface area contributed by atoms with Gasteiger partial charge in [0.25, 0.3) is 0 Å². The van der Waals surface area contributed by atoms with Gasteiger partial charge in [0, 0.05) is 10.0 Å². The highest BCUT2D eigenvalue weighted by molar-refractivity contribution is 9.10. The first-order valence-electron chi connectivity index (χ1n) is 6.99. The minimum absolute atomic E-state index is 0.0225. The Labute approximate surface area is 134 Å². The van der Waals surface area contributed by atoms with E-state index in [0.717, 1.165) is 15.8 Å². The topological polar surface area (TPSA) is 26.3 Å². The third kappa shape index (κ3) is 4.18. The molecule has 2 rings (SSSR count). The van der Waals surface area contributed by atoms with E-state index in [1.165, 1.54) is 5.56 Å². The van der Waals surface area contributed by atoms with Crippen LogP contribution in [0.3, 0.4) is 0 Å². The summed E-state index contributed by atoms with van der Waals surface area (Å²) in [4.78, 5) is 12.2. The van der Waals surface area contributed by atoms with Crippen LogP contribution in [0.5, 0.6) is 5.75 Å². The number of ether oxygens (including phenoxy) is 1. The van der Waals surface area contributed by atoms with Crippen LogP contribution in [-0.2, 0) is 0 Å². The lowest BCUT2D eigenvalue weighted by Crippen LogP contribution is -2.12. The van der Waals surface area contributed by atoms with E-state index in [1.54, 1.807) is 6.07 Å². The highest BCUT2D eigenvalue weighted by Crippen LogP contribution is 2.24. The molecule has 0 amide bonds. The molecule has 0 spiro atoms. The second-order valence-corrected chi connectivity index (χ2v) is 6.32. The molecule has 0 aliphatic heterocycles. The monoisotopic (exact) mass is 346 g/mol. The first-order valence-corrected chi connectivity index (χ1v) is 7.79. The predicted molar refractivity (Wildman–Crippen MR) is 89.2 cm³/mol. The average Bonchev–Trinajstić information content (AvgIpc) is 2.45. The predicted octanol–water partition coefficient (Wildman–Crippen LogP) is 5.14. The summed E-state index contributed by atoms with van der Waals surface area (Å²) >= 11 is 3.37. The number of benzene rings is 2. The van der Waals surface area contributed by atoms with Gasteiger partial charge in [0.05, 0.1) is 0 Å². The second-order valence-electron chi connectivity index (χ2n) is 5.40. The van der Waals surface area contributed by atoms with E-state index in [1.807, 2.05) is 37.3 Å². The molecule has 0 N–H and O–H groups in total. The van der Waals surface area contributed by atoms with E-state index in [9.17, 15) is 4.79 Å². The molecule has 21 heavy (non-hydrogen) atoms. The summed E-state index contributed by atoms with van der Waals surface area (Å²) in [5.74, 6) is 1.20. The van der Waals surface area contributed by atoms with Gasteiger partial charge in [-0.25, -0.2) is 0 Å². The van der Waals surface area contributed by atoms with Gasteiger partial charge in [-0.05, 0) is 42.2 Å². The Balaban J connectivity index is 2.09. The molecule has 0 atom stereocenters. The van der Waals surface area contributed by atoms with Gasteiger partial charge >= 0.3 is 0 Å². The van der Waals surface area contributed by atoms with Gasteiger partial charge in [0.1, 0.15) is 5.75 Å². The first kappa shape index (κ1) is 15.8. The maximum absolute atomic E-state index is 12.2. The number of carbonyl (C=O) groups excluding carboxylic acids is 1. The largest absolute Gasteiger partial charge is 0.485 e. The van der Waals surface area contributed by atoms with Crippen LogP contribution in [0.2, 0.25) is 0 Å². The van der Waals surface area contributed by atoms with Crippen LogP contribution < -0.4 is 4.74 Å². The molecule has 2 aromatic rings. The zero-order valence-corrected chi connectivity index (χ0v) is 14.1. The van der Waals surface area contributed by atoms with Crippen molar-refractivity contribution >= 4 is 21.7 Å². The molecule has 2 nitrogen and oxygen atoms in total. The zero-order valence-electron chi connectivity index (χ0n) is 12.5. The Kier molecular flexibility index (Phi) is 5.18. The van der Waals surface area contributed by atoms with Gasteiger partial charge in [0.15, 0.2) is 12.4 Å². The molecule has 0 bridgehead atoms. The van der Waals surface area contributed by atoms with Crippen molar-refractivity contribution in [1.82, 2.24) is 0 Å². The van der Waals surface area contributed by atoms with E-state index in [0.29, 0.717) is 11.5 Å². The lowest BCUT2D eigenvalue weighted by atomic mass is 10.0. The summed E-state index contributed by atoms with van der Waals surface area (Å²) in [7, 11) is 0. The molecule has 0 fully saturated rings. The Hall–Kier alpha value is -1.61. The van der Waals surface area contributed by atoms with Crippen LogP contribution in [0, 0.1) is 6.92 Å². The molecule has 0 heterocycles. The van der Waals surface area contributed by atoms with Crippen LogP contribution in [-0.4, -0.2) is 12.4 Å². The summed E-state index contributed by atoms with van der Waals surface area (Å²) in [6.07, 6.45) is 0. The standard InChI is InChI=1S/C18H19BrO2/c1-12(2)14-8-7-13(3)18(10-14)21-11-17(20)15-5-4-6-16(19)9-15/h4-10,12H,11H2,1-3H3. The SMILES string of the molecule is Cc1ccc(C(C)C)cc1OCC(=O)c1cccc(Br)c1. The van der Waals surface area contributed by atoms with Crippen molar-refractivity contribution in [1.29, 1.82) is 0 Å². The molecule has 110 valence electrons. The summed E-state index contributed by atoms with van der Waals surface area (Å²) < 4.78 is 6.61. The number of ketones is 1. The van der Waals surface area contributed by atoms with Crippen molar-refractivity contribution in [2.24, 2.45) is 0 Å². The van der Waals surface area contributed by atoms with Crippen LogP contribution >= 0.6 is 15.9 Å². The highest BCUT2D eigenvalue weighted by atomic mass is 79.9. The first-order chi connectivity index (χ1) is 9.97. The third-order valence-corrected chi connectivity index (χ3v) is 3.88. The Bertz CT molecular complexity index is 647. The number of hydrogen-bond acceptors (Lipinski definition) is 2. The van der Waals surface area contributed by atoms with Crippen LogP contribution in [0.1, 0.15) is 41.3 Å². The van der Waals surface area contributed by atoms with Crippen molar-refractivity contribution in [2.75, 3.05) is 6.61 Å². The zero-order chi connectivity index (χ0) is 15.4. The molecule has 0 aliphatic rings. The molecule has 0 unspecified atom stereocenters. The highest BCUT2D eigenvalue weighted by Gasteiger charge is 2.10. The van der Waals surface area contributed by atoms with Crippen molar-refractivity contribution in [3.05, 3.63) is 63.6 Å². The van der Waals surface area contributed by atoms with Crippen LogP contribution in [0.15, 0.2) is 46.9 Å². The van der Waals surface area contributed by atoms with Gasteiger partial charge in [-0.2, -0.15) is 0 Å². The fraction of sp³-hybridized carbons (Fsp3) is 0.278. The van der Waals surface area contributed by atoms with Crippen molar-refractivity contribution in [3.8, 4) is 5.75 Å². The van der Waals surface area contributed by atoms with Crippen molar-refractivity contribution in [3.63, 3.8) is 0 Å². The maximum atomic E-state index is 12.2. The minimum Gasteiger partial charge on any atom is -0.485 e. The maximum Gasteiger partial charge on any atom is 0.200 e. The summed E-state index contributed by atoms with van der Waals surface area (Å²) in [5.41, 5.74) is 2.91. The number of aryl methyl sites for hydroxylation is 1. The van der Waals surface area contributed by atoms with E-state index in [2.05, 4.69) is 35.8 Å². The summed E-state index contributed by atoms with van der Waals surface area (Å²) in [6.45, 7) is 6.32. The molecule has 0 saturated carbocycles. The van der Waals surface area contributed by atoms with Crippen molar-refractivity contribution in [2.45, 2.75) is 26.7 Å². The minimum atomic E-state index is -0.0225. The third-order valence-electron chi connectivity index (χ3n) is 3.38. The van der Waals surface area contributed by atoms with E-state index < -0.39 is 0 Å². The fourth-order valence-electron chi connectivity index (χ4n) is 2.02. The summed E-state index contributed by atoms with van der Waals surface area (Å²) in [5, 5.41) is 0. The van der Waals surface area contributed by atoms with Gasteiger partial charge in [-0.1, -0.05) is 54.0 Å². The molecular weight excluding hydrogens is 328 g/mol. The molecule has 3 heteroatoms. The smallest absolute Gasteiger partial charge is 0.200 e. The molecular formula is C18H19BrO2. The van der Waals surface area contributed by atoms with E-state index in [-0.39, 0.29) is 12.4 Å². The fourth-order valence-corrected chi connectivity index (χ4v) is 2.42. The lowest BCUT2D eigenvalue weighted by molar-refractivity contribution is 0.0921. The van der Waals surface area contributed by atoms with Gasteiger partial charge < -0.3 is 4.74 Å². The second kappa shape index (κ2) is 6.90. The van der Waals surface area contributed by atoms with Crippen molar-refractivity contribution < 1.29 is 9.53 Å². The normalized spacial score (nSPS) is 10.7. The molecule has 2 aromatic carbocycles. The Morgan fingerprint density at radius 2 is 1.95 bits per heavy atom. The van der Waals surface area contributed by atoms with Crippen LogP contribution in [0.25, 0.3) is 0 Å². The number of rotatable bonds is 5. The number of hydrogen-bond donors (Lipinski definition) is 0. The molecule has 0 radical (unpaired) electrons. The Morgan fingerprint density at radius 3 is 2.62 bits per heavy atom. The number of carbonyl (C=O) groups is 1. The quantitative estimate of drug-likeness (QED) is 0.700. The summed E-state index contributed by atoms with van der Waals surface area (Å²) in [6, 6.07) is 13.5. The number of halogens is 1. The van der Waals surface area contributed by atoms with E-state index >= 15 is 0 Å². The molecule has 0 aliphatic carbocycles. The van der Waals surface area contributed by atoms with Crippen LogP contribution in [0.4, 0.5) is 0 Å². The van der Waals surface area contributed by atoms with Gasteiger partial charge in [0.2, 0.25) is 0 Å². The van der Waals surface area contributed by atoms with Gasteiger partial charge in [-0.15, -0.1) is 0 Å². The Morgan fingerprint density at radius 1 is 1.19 bits per heavy atom. The number of Topliss-reactive ketones (excluding diaryl/α,β-unsaturated/α-hetero) is 1.